The van der Waals surface area contributed by atoms with Crippen molar-refractivity contribution in [2.24, 2.45) is 14.1 Å². The van der Waals surface area contributed by atoms with Crippen LogP contribution in [0.5, 0.6) is 5.75 Å². The normalized spacial score (nSPS) is 11.6. The minimum absolute atomic E-state index is 0.0358. The molecule has 0 fully saturated rings. The van der Waals surface area contributed by atoms with E-state index < -0.39 is 23.6 Å². The number of fused-ring (bicyclic) bond motifs is 2. The van der Waals surface area contributed by atoms with Gasteiger partial charge in [0.2, 0.25) is 0 Å². The topological polar surface area (TPSA) is 141 Å². The second kappa shape index (κ2) is 19.2. The highest BCUT2D eigenvalue weighted by atomic mass is 35.5. The summed E-state index contributed by atoms with van der Waals surface area (Å²) in [4.78, 5) is 39.5. The SMILES string of the molecule is COC(=O)c1c(C)c2c(-c3c(CNC(=O)OC(C)(C)C)nn(C)c3C)c(Cl)ccc2n1CCCOc1cc(SCc2cc(COC(=O)c3ccccc3)nn2C)cc2cc(F)ccc12. The number of halogens is 2. The van der Waals surface area contributed by atoms with Gasteiger partial charge in [-0.1, -0.05) is 29.8 Å². The van der Waals surface area contributed by atoms with Crippen LogP contribution >= 0.6 is 23.4 Å². The monoisotopic (exact) mass is 908 g/mol. The van der Waals surface area contributed by atoms with Crippen LogP contribution in [0.1, 0.15) is 76.4 Å². The number of alkyl carbamates (subject to hydrolysis) is 1. The Morgan fingerprint density at radius 2 is 1.67 bits per heavy atom. The molecule has 4 aromatic carbocycles. The highest BCUT2D eigenvalue weighted by molar-refractivity contribution is 7.98. The number of carbonyl (C=O) groups is 3. The molecule has 0 radical (unpaired) electrons. The summed E-state index contributed by atoms with van der Waals surface area (Å²) in [5.74, 6) is -0.152. The molecule has 64 heavy (non-hydrogen) atoms. The predicted molar refractivity (Wildman–Crippen MR) is 245 cm³/mol. The number of esters is 2. The maximum absolute atomic E-state index is 14.6. The molecule has 13 nitrogen and oxygen atoms in total. The van der Waals surface area contributed by atoms with E-state index in [-0.39, 0.29) is 25.6 Å². The van der Waals surface area contributed by atoms with Crippen LogP contribution in [0.25, 0.3) is 32.8 Å². The molecule has 0 atom stereocenters. The van der Waals surface area contributed by atoms with Crippen molar-refractivity contribution in [2.75, 3.05) is 13.7 Å². The van der Waals surface area contributed by atoms with Gasteiger partial charge in [0, 0.05) is 75.1 Å². The number of hydrogen-bond donors (Lipinski definition) is 1. The molecule has 0 aliphatic rings. The summed E-state index contributed by atoms with van der Waals surface area (Å²) in [6.07, 6.45) is -0.0795. The van der Waals surface area contributed by atoms with E-state index in [4.69, 9.17) is 35.6 Å². The number of rotatable bonds is 15. The van der Waals surface area contributed by atoms with Crippen molar-refractivity contribution in [1.82, 2.24) is 29.4 Å². The Morgan fingerprint density at radius 1 is 0.906 bits per heavy atom. The average molecular weight is 909 g/mol. The molecule has 0 saturated carbocycles. The van der Waals surface area contributed by atoms with Gasteiger partial charge in [-0.15, -0.1) is 11.8 Å². The van der Waals surface area contributed by atoms with Crippen molar-refractivity contribution < 1.29 is 37.7 Å². The molecule has 7 rings (SSSR count). The summed E-state index contributed by atoms with van der Waals surface area (Å²) in [5, 5.41) is 14.7. The quantitative estimate of drug-likeness (QED) is 0.0457. The van der Waals surface area contributed by atoms with Crippen LogP contribution in [-0.4, -0.2) is 61.5 Å². The van der Waals surface area contributed by atoms with Crippen molar-refractivity contribution in [2.45, 2.75) is 77.0 Å². The van der Waals surface area contributed by atoms with Crippen molar-refractivity contribution in [3.8, 4) is 16.9 Å². The Balaban J connectivity index is 1.10. The Bertz CT molecular complexity index is 2880. The molecule has 0 aliphatic carbocycles. The molecule has 0 saturated heterocycles. The van der Waals surface area contributed by atoms with Crippen LogP contribution in [0.4, 0.5) is 9.18 Å². The van der Waals surface area contributed by atoms with Gasteiger partial charge in [-0.2, -0.15) is 10.2 Å². The molecule has 3 heterocycles. The van der Waals surface area contributed by atoms with Gasteiger partial charge in [-0.25, -0.2) is 18.8 Å². The number of methoxy groups -OCH3 is 1. The zero-order chi connectivity index (χ0) is 45.9. The Hall–Kier alpha value is -6.32. The summed E-state index contributed by atoms with van der Waals surface area (Å²) >= 11 is 8.57. The summed E-state index contributed by atoms with van der Waals surface area (Å²) in [7, 11) is 5.01. The van der Waals surface area contributed by atoms with Gasteiger partial charge in [0.25, 0.3) is 0 Å². The van der Waals surface area contributed by atoms with E-state index in [1.54, 1.807) is 78.3 Å². The van der Waals surface area contributed by atoms with Crippen LogP contribution in [0.3, 0.4) is 0 Å². The highest BCUT2D eigenvalue weighted by Gasteiger charge is 2.28. The smallest absolute Gasteiger partial charge is 0.407 e. The molecular weight excluding hydrogens is 859 g/mol. The Morgan fingerprint density at radius 3 is 2.41 bits per heavy atom. The lowest BCUT2D eigenvalue weighted by atomic mass is 9.96. The fourth-order valence-corrected chi connectivity index (χ4v) is 8.90. The Labute approximate surface area is 379 Å². The van der Waals surface area contributed by atoms with E-state index in [2.05, 4.69) is 10.4 Å². The lowest BCUT2D eigenvalue weighted by Crippen LogP contribution is -2.32. The molecule has 0 bridgehead atoms. The first-order valence-electron chi connectivity index (χ1n) is 20.6. The molecule has 334 valence electrons. The molecule has 7 aromatic rings. The number of ether oxygens (including phenoxy) is 4. The summed E-state index contributed by atoms with van der Waals surface area (Å²) in [5.41, 5.74) is 5.97. The van der Waals surface area contributed by atoms with Crippen LogP contribution in [0.2, 0.25) is 5.02 Å². The third kappa shape index (κ3) is 10.1. The van der Waals surface area contributed by atoms with Crippen LogP contribution in [0.15, 0.2) is 83.8 Å². The molecule has 0 spiro atoms. The average Bonchev–Trinajstić information content (AvgIpc) is 3.86. The molecule has 16 heteroatoms. The van der Waals surface area contributed by atoms with E-state index in [1.807, 2.05) is 62.8 Å². The molecule has 0 unspecified atom stereocenters. The van der Waals surface area contributed by atoms with Gasteiger partial charge in [-0.05, 0) is 113 Å². The molecule has 1 amide bonds. The zero-order valence-corrected chi connectivity index (χ0v) is 38.6. The number of nitrogens with one attached hydrogen (secondary N) is 1. The van der Waals surface area contributed by atoms with Gasteiger partial charge in [0.15, 0.2) is 0 Å². The molecule has 0 aliphatic heterocycles. The van der Waals surface area contributed by atoms with Crippen LogP contribution in [-0.2, 0) is 53.8 Å². The van der Waals surface area contributed by atoms with E-state index in [9.17, 15) is 18.8 Å². The number of hydrogen-bond acceptors (Lipinski definition) is 10. The second-order valence-corrected chi connectivity index (χ2v) is 17.7. The van der Waals surface area contributed by atoms with Gasteiger partial charge in [0.05, 0.1) is 31.5 Å². The van der Waals surface area contributed by atoms with E-state index >= 15 is 0 Å². The minimum atomic E-state index is -0.676. The zero-order valence-electron chi connectivity index (χ0n) is 37.0. The van der Waals surface area contributed by atoms with Gasteiger partial charge < -0.3 is 28.8 Å². The Kier molecular flexibility index (Phi) is 13.7. The largest absolute Gasteiger partial charge is 0.493 e. The number of aromatic nitrogens is 5. The number of thioether (sulfide) groups is 1. The molecular formula is C48H50ClFN6O7S. The van der Waals surface area contributed by atoms with Crippen molar-refractivity contribution in [1.29, 1.82) is 0 Å². The number of amides is 1. The first kappa shape index (κ1) is 45.7. The van der Waals surface area contributed by atoms with Gasteiger partial charge >= 0.3 is 18.0 Å². The van der Waals surface area contributed by atoms with Gasteiger partial charge in [-0.3, -0.25) is 9.36 Å². The predicted octanol–water partition coefficient (Wildman–Crippen LogP) is 10.3. The fraction of sp³-hybridized carbons (Fsp3) is 0.312. The number of carbonyl (C=O) groups excluding carboxylic acids is 3. The maximum atomic E-state index is 14.6. The van der Waals surface area contributed by atoms with Crippen LogP contribution < -0.4 is 10.1 Å². The summed E-state index contributed by atoms with van der Waals surface area (Å²) in [6, 6.07) is 22.9. The van der Waals surface area contributed by atoms with Crippen molar-refractivity contribution >= 4 is 63.1 Å². The summed E-state index contributed by atoms with van der Waals surface area (Å²) < 4.78 is 42.7. The van der Waals surface area contributed by atoms with Crippen molar-refractivity contribution in [3.63, 3.8) is 0 Å². The number of nitrogens with zero attached hydrogens (tertiary/aromatic N) is 5. The first-order chi connectivity index (χ1) is 30.5. The second-order valence-electron chi connectivity index (χ2n) is 16.3. The maximum Gasteiger partial charge on any atom is 0.407 e. The van der Waals surface area contributed by atoms with Gasteiger partial charge in [0.1, 0.15) is 35.2 Å². The standard InChI is InChI=1S/C48H50ClFN6O7S/c1-28-41-39(18-17-37(49)43(41)42-29(2)54(6)53-38(42)25-51-47(59)63-48(3,4)5)56(44(28)46(58)60-8)19-12-20-61-40-24-35(22-31-21-32(50)15-16-36(31)40)64-27-34-23-33(52-55(34)7)26-62-45(57)30-13-10-9-11-14-30/h9-11,13-18,21-24H,12,19-20,25-27H2,1-8H3,(H,51,59). The van der Waals surface area contributed by atoms with Crippen molar-refractivity contribution in [3.05, 3.63) is 129 Å². The van der Waals surface area contributed by atoms with E-state index in [1.165, 1.54) is 19.2 Å². The highest BCUT2D eigenvalue weighted by Crippen LogP contribution is 2.43. The van der Waals surface area contributed by atoms with Crippen LogP contribution in [0, 0.1) is 19.7 Å². The van der Waals surface area contributed by atoms with E-state index in [0.29, 0.717) is 68.6 Å². The molecule has 3 aromatic heterocycles. The lowest BCUT2D eigenvalue weighted by Gasteiger charge is -2.19. The third-order valence-electron chi connectivity index (χ3n) is 10.7. The first-order valence-corrected chi connectivity index (χ1v) is 22.0. The summed E-state index contributed by atoms with van der Waals surface area (Å²) in [6.45, 7) is 9.96. The lowest BCUT2D eigenvalue weighted by molar-refractivity contribution is 0.0465. The number of benzene rings is 4. The third-order valence-corrected chi connectivity index (χ3v) is 12.0. The van der Waals surface area contributed by atoms with E-state index in [0.717, 1.165) is 38.1 Å². The minimum Gasteiger partial charge on any atom is -0.493 e. The molecule has 1 N–H and O–H groups in total. The number of aryl methyl sites for hydroxylation is 4. The fourth-order valence-electron chi connectivity index (χ4n) is 7.66.